The molecule has 0 spiro atoms. The summed E-state index contributed by atoms with van der Waals surface area (Å²) in [4.78, 5) is 11.0. The van der Waals surface area contributed by atoms with Crippen molar-refractivity contribution in [3.63, 3.8) is 0 Å². The molecule has 1 amide bonds. The fraction of sp³-hybridized carbons (Fsp3) is 0.222. The molecule has 6 heteroatoms. The summed E-state index contributed by atoms with van der Waals surface area (Å²) in [6.07, 6.45) is -4.75. The summed E-state index contributed by atoms with van der Waals surface area (Å²) >= 11 is 0. The average Bonchev–Trinajstić information content (AvgIpc) is 2.15. The standard InChI is InChI=1S/C9H9F3N2O/c10-9(11,12)14-8(15)7(13)6-4-2-1-3-5-6/h1-5,7H,13H2,(H,14,15). The van der Waals surface area contributed by atoms with Crippen LogP contribution in [0, 0.1) is 0 Å². The Morgan fingerprint density at radius 3 is 2.27 bits per heavy atom. The zero-order valence-electron chi connectivity index (χ0n) is 7.58. The maximum Gasteiger partial charge on any atom is 0.484 e. The van der Waals surface area contributed by atoms with Crippen LogP contribution in [-0.2, 0) is 4.79 Å². The molecule has 1 rings (SSSR count). The van der Waals surface area contributed by atoms with Crippen molar-refractivity contribution in [3.8, 4) is 0 Å². The second kappa shape index (κ2) is 4.31. The second-order valence-corrected chi connectivity index (χ2v) is 2.88. The lowest BCUT2D eigenvalue weighted by atomic mass is 10.1. The van der Waals surface area contributed by atoms with Gasteiger partial charge in [-0.25, -0.2) is 0 Å². The van der Waals surface area contributed by atoms with Crippen molar-refractivity contribution in [2.45, 2.75) is 12.3 Å². The molecule has 0 radical (unpaired) electrons. The minimum Gasteiger partial charge on any atom is -0.316 e. The van der Waals surface area contributed by atoms with Crippen molar-refractivity contribution in [2.24, 2.45) is 5.73 Å². The van der Waals surface area contributed by atoms with E-state index < -0.39 is 18.2 Å². The van der Waals surface area contributed by atoms with Gasteiger partial charge in [0.05, 0.1) is 0 Å². The Hall–Kier alpha value is -1.56. The number of carbonyl (C=O) groups is 1. The molecule has 0 aliphatic carbocycles. The van der Waals surface area contributed by atoms with E-state index in [1.54, 1.807) is 18.2 Å². The average molecular weight is 218 g/mol. The van der Waals surface area contributed by atoms with E-state index in [9.17, 15) is 18.0 Å². The molecule has 1 aromatic carbocycles. The van der Waals surface area contributed by atoms with E-state index in [1.807, 2.05) is 0 Å². The third-order valence-electron chi connectivity index (χ3n) is 1.71. The summed E-state index contributed by atoms with van der Waals surface area (Å²) in [7, 11) is 0. The van der Waals surface area contributed by atoms with Crippen LogP contribution in [0.1, 0.15) is 11.6 Å². The van der Waals surface area contributed by atoms with E-state index in [2.05, 4.69) is 0 Å². The molecule has 3 N–H and O–H groups in total. The van der Waals surface area contributed by atoms with Crippen LogP contribution in [0.2, 0.25) is 0 Å². The van der Waals surface area contributed by atoms with Crippen molar-refractivity contribution in [1.82, 2.24) is 5.32 Å². The summed E-state index contributed by atoms with van der Waals surface area (Å²) in [6, 6.07) is 6.53. The van der Waals surface area contributed by atoms with Gasteiger partial charge in [-0.05, 0) is 5.56 Å². The number of amides is 1. The first-order chi connectivity index (χ1) is 6.90. The number of rotatable bonds is 2. The van der Waals surface area contributed by atoms with Crippen LogP contribution in [0.5, 0.6) is 0 Å². The Labute approximate surface area is 84.1 Å². The van der Waals surface area contributed by atoms with Crippen molar-refractivity contribution in [1.29, 1.82) is 0 Å². The van der Waals surface area contributed by atoms with Gasteiger partial charge in [0.2, 0.25) is 5.91 Å². The van der Waals surface area contributed by atoms with Gasteiger partial charge < -0.3 is 5.73 Å². The van der Waals surface area contributed by atoms with Gasteiger partial charge in [-0.15, -0.1) is 0 Å². The highest BCUT2D eigenvalue weighted by atomic mass is 19.4. The molecule has 0 bridgehead atoms. The quantitative estimate of drug-likeness (QED) is 0.735. The number of nitrogens with one attached hydrogen (secondary N) is 1. The second-order valence-electron chi connectivity index (χ2n) is 2.88. The molecule has 0 heterocycles. The van der Waals surface area contributed by atoms with Crippen LogP contribution in [0.15, 0.2) is 30.3 Å². The molecule has 0 fully saturated rings. The number of nitrogens with two attached hydrogens (primary N) is 1. The zero-order chi connectivity index (χ0) is 11.5. The van der Waals surface area contributed by atoms with Crippen molar-refractivity contribution < 1.29 is 18.0 Å². The van der Waals surface area contributed by atoms with Crippen LogP contribution in [0.4, 0.5) is 13.2 Å². The number of hydrogen-bond donors (Lipinski definition) is 2. The lowest BCUT2D eigenvalue weighted by Crippen LogP contribution is -2.42. The van der Waals surface area contributed by atoms with Gasteiger partial charge in [-0.1, -0.05) is 30.3 Å². The van der Waals surface area contributed by atoms with Crippen molar-refractivity contribution >= 4 is 5.91 Å². The normalized spacial score (nSPS) is 13.3. The first-order valence-corrected chi connectivity index (χ1v) is 4.09. The van der Waals surface area contributed by atoms with Crippen LogP contribution >= 0.6 is 0 Å². The maximum atomic E-state index is 11.8. The molecule has 1 unspecified atom stereocenters. The molecular weight excluding hydrogens is 209 g/mol. The minimum atomic E-state index is -4.75. The van der Waals surface area contributed by atoms with E-state index >= 15 is 0 Å². The summed E-state index contributed by atoms with van der Waals surface area (Å²) in [5.74, 6) is -1.27. The van der Waals surface area contributed by atoms with Gasteiger partial charge in [0, 0.05) is 0 Å². The number of hydrogen-bond acceptors (Lipinski definition) is 2. The van der Waals surface area contributed by atoms with Gasteiger partial charge in [0.15, 0.2) is 0 Å². The van der Waals surface area contributed by atoms with Crippen molar-refractivity contribution in [2.75, 3.05) is 0 Å². The Balaban J connectivity index is 2.70. The van der Waals surface area contributed by atoms with Gasteiger partial charge in [-0.2, -0.15) is 13.2 Å². The van der Waals surface area contributed by atoms with E-state index in [0.717, 1.165) is 5.32 Å². The molecule has 0 saturated heterocycles. The van der Waals surface area contributed by atoms with Crippen LogP contribution in [0.3, 0.4) is 0 Å². The summed E-state index contributed by atoms with van der Waals surface area (Å²) < 4.78 is 35.4. The highest BCUT2D eigenvalue weighted by Crippen LogP contribution is 2.14. The number of halogens is 3. The summed E-state index contributed by atoms with van der Waals surface area (Å²) in [5.41, 5.74) is 5.67. The Morgan fingerprint density at radius 1 is 1.27 bits per heavy atom. The number of benzene rings is 1. The molecule has 0 aliphatic rings. The third-order valence-corrected chi connectivity index (χ3v) is 1.71. The molecule has 0 aliphatic heterocycles. The smallest absolute Gasteiger partial charge is 0.316 e. The lowest BCUT2D eigenvalue weighted by Gasteiger charge is -2.14. The monoisotopic (exact) mass is 218 g/mol. The van der Waals surface area contributed by atoms with E-state index in [4.69, 9.17) is 5.73 Å². The summed E-state index contributed by atoms with van der Waals surface area (Å²) in [5, 5.41) is 0.853. The van der Waals surface area contributed by atoms with Crippen LogP contribution in [-0.4, -0.2) is 12.2 Å². The fourth-order valence-electron chi connectivity index (χ4n) is 1.03. The molecule has 15 heavy (non-hydrogen) atoms. The summed E-state index contributed by atoms with van der Waals surface area (Å²) in [6.45, 7) is 0. The SMILES string of the molecule is NC(C(=O)NC(F)(F)F)c1ccccc1. The predicted octanol–water partition coefficient (Wildman–Crippen LogP) is 1.32. The first-order valence-electron chi connectivity index (χ1n) is 4.09. The lowest BCUT2D eigenvalue weighted by molar-refractivity contribution is -0.170. The predicted molar refractivity (Wildman–Crippen MR) is 47.6 cm³/mol. The zero-order valence-corrected chi connectivity index (χ0v) is 7.58. The van der Waals surface area contributed by atoms with Gasteiger partial charge in [0.1, 0.15) is 6.04 Å². The van der Waals surface area contributed by atoms with E-state index in [1.165, 1.54) is 12.1 Å². The molecule has 0 aromatic heterocycles. The molecular formula is C9H9F3N2O. The van der Waals surface area contributed by atoms with Crippen LogP contribution in [0.25, 0.3) is 0 Å². The molecule has 82 valence electrons. The molecule has 0 saturated carbocycles. The molecule has 1 atom stereocenters. The highest BCUT2D eigenvalue weighted by molar-refractivity contribution is 5.83. The molecule has 3 nitrogen and oxygen atoms in total. The molecule has 1 aromatic rings. The Morgan fingerprint density at radius 2 is 1.80 bits per heavy atom. The Bertz CT molecular complexity index is 337. The van der Waals surface area contributed by atoms with Gasteiger partial charge in [0.25, 0.3) is 0 Å². The first kappa shape index (κ1) is 11.5. The minimum absolute atomic E-state index is 0.333. The largest absolute Gasteiger partial charge is 0.484 e. The van der Waals surface area contributed by atoms with Gasteiger partial charge >= 0.3 is 6.30 Å². The fourth-order valence-corrected chi connectivity index (χ4v) is 1.03. The number of alkyl halides is 3. The third kappa shape index (κ3) is 3.59. The topological polar surface area (TPSA) is 55.1 Å². The van der Waals surface area contributed by atoms with Gasteiger partial charge in [-0.3, -0.25) is 10.1 Å². The van der Waals surface area contributed by atoms with Crippen molar-refractivity contribution in [3.05, 3.63) is 35.9 Å². The van der Waals surface area contributed by atoms with E-state index in [-0.39, 0.29) is 0 Å². The van der Waals surface area contributed by atoms with E-state index in [0.29, 0.717) is 5.56 Å². The van der Waals surface area contributed by atoms with Crippen LogP contribution < -0.4 is 11.1 Å². The highest BCUT2D eigenvalue weighted by Gasteiger charge is 2.32. The maximum absolute atomic E-state index is 11.8. The Kier molecular flexibility index (Phi) is 3.31. The number of carbonyl (C=O) groups excluding carboxylic acids is 1.